The molecule has 0 aromatic heterocycles. The van der Waals surface area contributed by atoms with Gasteiger partial charge in [0.1, 0.15) is 35.4 Å². The first-order valence-corrected chi connectivity index (χ1v) is 28.3. The molecular formula is C62H84N6O10. The number of amides is 2. The van der Waals surface area contributed by atoms with Crippen LogP contribution in [0.2, 0.25) is 0 Å². The normalized spacial score (nSPS) is 28.8. The van der Waals surface area contributed by atoms with E-state index >= 15 is 4.79 Å². The fourth-order valence-corrected chi connectivity index (χ4v) is 12.5. The molecule has 7 atom stereocenters. The van der Waals surface area contributed by atoms with Crippen LogP contribution in [0.1, 0.15) is 152 Å². The van der Waals surface area contributed by atoms with E-state index in [2.05, 4.69) is 60.4 Å². The number of nitrogens with one attached hydrogen (secondary N) is 2. The molecule has 2 amide bonds. The van der Waals surface area contributed by atoms with Crippen molar-refractivity contribution in [1.82, 2.24) is 20.4 Å². The van der Waals surface area contributed by atoms with E-state index in [0.29, 0.717) is 61.7 Å². The average Bonchev–Trinajstić information content (AvgIpc) is 3.76. The summed E-state index contributed by atoms with van der Waals surface area (Å²) in [5.41, 5.74) is 0.206. The van der Waals surface area contributed by atoms with E-state index in [1.54, 1.807) is 51.7 Å². The number of esters is 1. The number of nitrogens with zero attached hydrogens (tertiary/aromatic N) is 4. The van der Waals surface area contributed by atoms with Crippen LogP contribution in [0.15, 0.2) is 82.7 Å². The molecule has 4 N–H and O–H groups in total. The first kappa shape index (κ1) is 58.1. The van der Waals surface area contributed by atoms with Crippen LogP contribution in [0.25, 0.3) is 0 Å². The number of carbonyl (C=O) groups is 5. The highest BCUT2D eigenvalue weighted by atomic mass is 16.6. The number of anilines is 1. The van der Waals surface area contributed by atoms with Gasteiger partial charge in [-0.05, 0) is 96.1 Å². The van der Waals surface area contributed by atoms with Gasteiger partial charge in [-0.15, -0.1) is 0 Å². The topological polar surface area (TPSA) is 200 Å². The molecule has 16 heteroatoms. The Labute approximate surface area is 461 Å². The van der Waals surface area contributed by atoms with Crippen LogP contribution < -0.4 is 20.3 Å². The van der Waals surface area contributed by atoms with Crippen molar-refractivity contribution < 1.29 is 48.4 Å². The number of ketones is 2. The lowest BCUT2D eigenvalue weighted by molar-refractivity contribution is -0.237. The van der Waals surface area contributed by atoms with Crippen LogP contribution in [-0.4, -0.2) is 130 Å². The maximum absolute atomic E-state index is 15.1. The molecule has 1 aliphatic carbocycles. The number of allylic oxidation sites excluding steroid dienone is 6. The Morgan fingerprint density at radius 1 is 0.936 bits per heavy atom. The van der Waals surface area contributed by atoms with E-state index in [4.69, 9.17) is 19.2 Å². The summed E-state index contributed by atoms with van der Waals surface area (Å²) in [7, 11) is 2.07. The Hall–Kier alpha value is -6.10. The molecule has 5 bridgehead atoms. The van der Waals surface area contributed by atoms with Gasteiger partial charge in [-0.1, -0.05) is 90.1 Å². The van der Waals surface area contributed by atoms with Gasteiger partial charge in [0.25, 0.3) is 5.91 Å². The van der Waals surface area contributed by atoms with Gasteiger partial charge in [0.2, 0.25) is 17.5 Å². The second-order valence-electron chi connectivity index (χ2n) is 24.3. The van der Waals surface area contributed by atoms with Crippen LogP contribution in [-0.2, 0) is 23.9 Å². The Kier molecular flexibility index (Phi) is 17.4. The van der Waals surface area contributed by atoms with Crippen molar-refractivity contribution in [2.45, 2.75) is 163 Å². The molecule has 78 heavy (non-hydrogen) atoms. The van der Waals surface area contributed by atoms with Crippen molar-refractivity contribution in [3.63, 3.8) is 0 Å². The first-order valence-electron chi connectivity index (χ1n) is 28.3. The maximum atomic E-state index is 15.1. The minimum absolute atomic E-state index is 0.0432. The summed E-state index contributed by atoms with van der Waals surface area (Å²) in [5, 5.41) is 29.7. The molecule has 2 aromatic rings. The van der Waals surface area contributed by atoms with Crippen molar-refractivity contribution in [2.75, 3.05) is 44.7 Å². The quantitative estimate of drug-likeness (QED) is 0.0806. The van der Waals surface area contributed by atoms with Crippen molar-refractivity contribution >= 4 is 40.7 Å². The molecule has 2 saturated heterocycles. The molecule has 1 spiro atoms. The van der Waals surface area contributed by atoms with Gasteiger partial charge < -0.3 is 49.8 Å². The SMILES string of the molecule is C/C1=C/C=C/[C@H](C)C[C@@H](C)[C@@H](OC(C)(C)O)[C@@H](C)[C@H](OC(=O)CC(=O)N2CCC(N(C)c3ccccc3)CC2)[C@H](C)C/C=C/C[C@@]2(C)Oc3c(C)c(O)c4c(c3C2=O)C2=NC3(CCN(CC(C)C)CC3)NC2=C(NC1=O)C4=O. The number of rotatable bonds is 9. The summed E-state index contributed by atoms with van der Waals surface area (Å²) in [6.45, 7) is 23.9. The van der Waals surface area contributed by atoms with Gasteiger partial charge in [-0.25, -0.2) is 0 Å². The average molecular weight is 1070 g/mol. The van der Waals surface area contributed by atoms with Gasteiger partial charge >= 0.3 is 5.97 Å². The van der Waals surface area contributed by atoms with Crippen LogP contribution in [0.4, 0.5) is 5.69 Å². The summed E-state index contributed by atoms with van der Waals surface area (Å²) < 4.78 is 19.5. The number of phenolic OH excluding ortho intramolecular Hbond substituents is 1. The second kappa shape index (κ2) is 23.3. The molecule has 422 valence electrons. The fraction of sp³-hybridized carbons (Fsp3) is 0.581. The summed E-state index contributed by atoms with van der Waals surface area (Å²) >= 11 is 0. The van der Waals surface area contributed by atoms with Crippen molar-refractivity contribution in [1.29, 1.82) is 0 Å². The lowest BCUT2D eigenvalue weighted by Gasteiger charge is -2.40. The monoisotopic (exact) mass is 1070 g/mol. The third-order valence-corrected chi connectivity index (χ3v) is 16.8. The van der Waals surface area contributed by atoms with Crippen molar-refractivity contribution in [3.05, 3.63) is 99.9 Å². The smallest absolute Gasteiger partial charge is 0.315 e. The van der Waals surface area contributed by atoms with Gasteiger partial charge in [0.05, 0.1) is 28.6 Å². The highest BCUT2D eigenvalue weighted by Gasteiger charge is 2.53. The lowest BCUT2D eigenvalue weighted by atomic mass is 9.79. The number of fused-ring (bicyclic) bond motifs is 13. The van der Waals surface area contributed by atoms with Crippen LogP contribution in [0, 0.1) is 36.5 Å². The number of Topliss-reactive ketones (excluding diaryl/α,β-unsaturated/α-hetero) is 2. The number of carbonyl (C=O) groups excluding carboxylic acids is 5. The zero-order valence-corrected chi connectivity index (χ0v) is 48.0. The number of hydrogen-bond donors (Lipinski definition) is 4. The molecule has 6 heterocycles. The Morgan fingerprint density at radius 3 is 2.27 bits per heavy atom. The van der Waals surface area contributed by atoms with Crippen LogP contribution in [0.3, 0.4) is 0 Å². The number of para-hydroxylation sites is 1. The molecule has 0 radical (unpaired) electrons. The largest absolute Gasteiger partial charge is 0.507 e. The predicted molar refractivity (Wildman–Crippen MR) is 301 cm³/mol. The molecular weight excluding hydrogens is 989 g/mol. The third kappa shape index (κ3) is 12.4. The number of phenols is 1. The van der Waals surface area contributed by atoms with E-state index in [-0.39, 0.29) is 81.4 Å². The van der Waals surface area contributed by atoms with E-state index < -0.39 is 59.3 Å². The number of hydrogen-bond acceptors (Lipinski definition) is 14. The molecule has 2 fully saturated rings. The number of ether oxygens (including phenoxy) is 3. The number of aliphatic hydroxyl groups is 1. The maximum Gasteiger partial charge on any atom is 0.315 e. The van der Waals surface area contributed by atoms with Crippen LogP contribution in [0.5, 0.6) is 11.5 Å². The molecule has 0 unspecified atom stereocenters. The lowest BCUT2D eigenvalue weighted by Crippen LogP contribution is -2.50. The molecule has 7 aliphatic rings. The standard InChI is InChI=1S/C62H84N6O10/c1-36(2)35-67-31-27-62(28-32-67)64-50-47-48-53(71)41(7)57-49(47)58(73)61(11,78-57)26-17-16-20-38(4)55(76-46(70)34-45(69)68-29-24-44(25-30-68)66(12)43-22-14-13-15-23-43)42(8)56(77-60(9,10)75)40(6)33-37(3)19-18-21-39(5)59(74)63-52(54(48)72)51(50)65-62/h13-19,21-23,36-38,40,42,44,55-56,65,71,75H,20,24-35H2,1-12H3,(H,63,74)/b17-16+,19-18+,39-21-/t37-,38+,40+,42-,55+,56+,61+/m0/s1. The van der Waals surface area contributed by atoms with Crippen LogP contribution >= 0.6 is 0 Å². The second-order valence-corrected chi connectivity index (χ2v) is 24.3. The fourth-order valence-electron chi connectivity index (χ4n) is 12.5. The van der Waals surface area contributed by atoms with E-state index in [0.717, 1.165) is 38.2 Å². The van der Waals surface area contributed by atoms with Gasteiger partial charge in [0.15, 0.2) is 11.4 Å². The third-order valence-electron chi connectivity index (χ3n) is 16.8. The highest BCUT2D eigenvalue weighted by Crippen LogP contribution is 2.51. The van der Waals surface area contributed by atoms with Gasteiger partial charge in [-0.3, -0.25) is 29.0 Å². The highest BCUT2D eigenvalue weighted by molar-refractivity contribution is 6.34. The molecule has 0 saturated carbocycles. The van der Waals surface area contributed by atoms with Crippen molar-refractivity contribution in [3.8, 4) is 11.5 Å². The van der Waals surface area contributed by atoms with Gasteiger partial charge in [-0.2, -0.15) is 0 Å². The van der Waals surface area contributed by atoms with Crippen molar-refractivity contribution in [2.24, 2.45) is 34.6 Å². The predicted octanol–water partition coefficient (Wildman–Crippen LogP) is 8.73. The van der Waals surface area contributed by atoms with E-state index in [9.17, 15) is 29.4 Å². The number of benzene rings is 2. The van der Waals surface area contributed by atoms with E-state index in [1.807, 2.05) is 57.2 Å². The summed E-state index contributed by atoms with van der Waals surface area (Å²) in [6.07, 6.45) is 11.3. The van der Waals surface area contributed by atoms with E-state index in [1.165, 1.54) is 0 Å². The zero-order valence-electron chi connectivity index (χ0n) is 48.0. The minimum atomic E-state index is -1.54. The number of likely N-dealkylation sites (tertiary alicyclic amines) is 2. The Balaban J connectivity index is 1.10. The summed E-state index contributed by atoms with van der Waals surface area (Å²) in [5.74, 6) is -4.77. The molecule has 6 aliphatic heterocycles. The number of aromatic hydroxyl groups is 1. The number of piperidine rings is 2. The molecule has 2 aromatic carbocycles. The summed E-state index contributed by atoms with van der Waals surface area (Å²) in [4.78, 5) is 83.8. The Morgan fingerprint density at radius 2 is 1.62 bits per heavy atom. The Bertz CT molecular complexity index is 2790. The minimum Gasteiger partial charge on any atom is -0.507 e. The number of aliphatic imine (C=N–C) groups is 1. The van der Waals surface area contributed by atoms with Gasteiger partial charge in [0, 0.05) is 93.4 Å². The zero-order chi connectivity index (χ0) is 56.6. The summed E-state index contributed by atoms with van der Waals surface area (Å²) in [6, 6.07) is 10.4. The molecule has 16 nitrogen and oxygen atoms in total. The molecule has 9 rings (SSSR count). The first-order chi connectivity index (χ1) is 36.8.